The number of amides is 1. The van der Waals surface area contributed by atoms with E-state index in [9.17, 15) is 18.0 Å². The number of nitrogens with one attached hydrogen (secondary N) is 1. The number of hydrogen-bond donors (Lipinski definition) is 1. The zero-order valence-electron chi connectivity index (χ0n) is 28.8. The van der Waals surface area contributed by atoms with E-state index in [4.69, 9.17) is 14.2 Å². The molecule has 0 saturated heterocycles. The summed E-state index contributed by atoms with van der Waals surface area (Å²) in [7, 11) is -4.11. The van der Waals surface area contributed by atoms with Gasteiger partial charge in [0.05, 0.1) is 24.0 Å². The van der Waals surface area contributed by atoms with Crippen LogP contribution >= 0.6 is 0 Å². The first-order valence-corrected chi connectivity index (χ1v) is 17.3. The lowest BCUT2D eigenvalue weighted by atomic mass is 10.0. The molecule has 4 aromatic rings. The van der Waals surface area contributed by atoms with Crippen LogP contribution in [0.4, 0.5) is 10.6 Å². The number of esters is 1. The molecule has 1 aromatic carbocycles. The maximum absolute atomic E-state index is 13.5. The number of ether oxygens (including phenoxy) is 3. The van der Waals surface area contributed by atoms with Gasteiger partial charge >= 0.3 is 12.1 Å². The van der Waals surface area contributed by atoms with Crippen LogP contribution < -0.4 is 14.4 Å². The summed E-state index contributed by atoms with van der Waals surface area (Å²) >= 11 is 0. The van der Waals surface area contributed by atoms with Crippen molar-refractivity contribution in [2.75, 3.05) is 18.1 Å². The van der Waals surface area contributed by atoms with Gasteiger partial charge in [0.1, 0.15) is 23.6 Å². The van der Waals surface area contributed by atoms with Gasteiger partial charge in [0.25, 0.3) is 10.0 Å². The largest absolute Gasteiger partial charge is 0.478 e. The van der Waals surface area contributed by atoms with Crippen molar-refractivity contribution in [1.29, 1.82) is 0 Å². The molecular weight excluding hydrogens is 646 g/mol. The molecule has 13 heteroatoms. The maximum atomic E-state index is 13.5. The average Bonchev–Trinajstić information content (AvgIpc) is 3.03. The summed E-state index contributed by atoms with van der Waals surface area (Å²) in [6, 6.07) is 21.6. The van der Waals surface area contributed by atoms with E-state index in [1.54, 1.807) is 77.9 Å². The summed E-state index contributed by atoms with van der Waals surface area (Å²) in [5.74, 6) is -0.0688. The van der Waals surface area contributed by atoms with Gasteiger partial charge in [-0.25, -0.2) is 32.9 Å². The van der Waals surface area contributed by atoms with E-state index in [-0.39, 0.29) is 17.3 Å². The average molecular weight is 690 g/mol. The van der Waals surface area contributed by atoms with Crippen molar-refractivity contribution < 1.29 is 32.2 Å². The second kappa shape index (κ2) is 15.6. The Balaban J connectivity index is 1.71. The molecule has 0 aliphatic carbocycles. The van der Waals surface area contributed by atoms with Gasteiger partial charge in [-0.3, -0.25) is 9.69 Å². The number of nitrogens with zero attached hydrogens (tertiary/aromatic N) is 4. The van der Waals surface area contributed by atoms with Crippen LogP contribution in [-0.4, -0.2) is 59.8 Å². The Kier molecular flexibility index (Phi) is 11.7. The normalized spacial score (nSPS) is 12.6. The third-order valence-electron chi connectivity index (χ3n) is 6.63. The van der Waals surface area contributed by atoms with Gasteiger partial charge in [0, 0.05) is 17.8 Å². The molecule has 1 unspecified atom stereocenters. The molecule has 0 spiro atoms. The summed E-state index contributed by atoms with van der Waals surface area (Å²) in [5.41, 5.74) is 1.01. The summed E-state index contributed by atoms with van der Waals surface area (Å²) in [6.07, 6.45) is 0.769. The summed E-state index contributed by atoms with van der Waals surface area (Å²) in [5, 5.41) is -0.160. The topological polar surface area (TPSA) is 150 Å². The smallest absolute Gasteiger partial charge is 0.416 e. The third-order valence-corrected chi connectivity index (χ3v) is 8.01. The molecule has 0 aliphatic rings. The third kappa shape index (κ3) is 11.1. The SMILES string of the molecule is CCOc1cccc(-c2ccc(CC(NS(=O)(=O)c3ccccn3)c3cccc(N(CC(=O)OC(C)(C)C)C(=O)OC(C)(C)C)n3)cc2)n1. The van der Waals surface area contributed by atoms with Crippen molar-refractivity contribution in [2.45, 2.75) is 77.2 Å². The monoisotopic (exact) mass is 689 g/mol. The molecule has 1 N–H and O–H groups in total. The Hall–Kier alpha value is -4.88. The summed E-state index contributed by atoms with van der Waals surface area (Å²) < 4.78 is 46.4. The van der Waals surface area contributed by atoms with Gasteiger partial charge in [-0.15, -0.1) is 0 Å². The van der Waals surface area contributed by atoms with E-state index >= 15 is 0 Å². The number of carbonyl (C=O) groups excluding carboxylic acids is 2. The number of sulfonamides is 1. The van der Waals surface area contributed by atoms with Crippen LogP contribution in [0.2, 0.25) is 0 Å². The van der Waals surface area contributed by atoms with Crippen LogP contribution in [0, 0.1) is 0 Å². The maximum Gasteiger partial charge on any atom is 0.416 e. The van der Waals surface area contributed by atoms with E-state index in [1.165, 1.54) is 12.3 Å². The molecule has 0 radical (unpaired) electrons. The second-order valence-corrected chi connectivity index (χ2v) is 14.8. The lowest BCUT2D eigenvalue weighted by Gasteiger charge is -2.28. The highest BCUT2D eigenvalue weighted by Gasteiger charge is 2.30. The quantitative estimate of drug-likeness (QED) is 0.168. The fraction of sp³-hybridized carbons (Fsp3) is 0.361. The number of rotatable bonds is 12. The van der Waals surface area contributed by atoms with Crippen LogP contribution in [0.5, 0.6) is 5.88 Å². The van der Waals surface area contributed by atoms with E-state index in [0.717, 1.165) is 21.7 Å². The Bertz CT molecular complexity index is 1840. The zero-order chi connectivity index (χ0) is 35.8. The number of pyridine rings is 3. The Morgan fingerprint density at radius 1 is 0.837 bits per heavy atom. The lowest BCUT2D eigenvalue weighted by Crippen LogP contribution is -2.42. The van der Waals surface area contributed by atoms with E-state index in [2.05, 4.69) is 19.7 Å². The fourth-order valence-electron chi connectivity index (χ4n) is 4.65. The van der Waals surface area contributed by atoms with Crippen LogP contribution in [0.25, 0.3) is 11.3 Å². The highest BCUT2D eigenvalue weighted by atomic mass is 32.2. The first kappa shape index (κ1) is 36.9. The van der Waals surface area contributed by atoms with E-state index in [0.29, 0.717) is 18.2 Å². The Morgan fingerprint density at radius 2 is 1.53 bits per heavy atom. The highest BCUT2D eigenvalue weighted by molar-refractivity contribution is 7.89. The van der Waals surface area contributed by atoms with E-state index in [1.807, 2.05) is 43.3 Å². The van der Waals surface area contributed by atoms with Crippen molar-refractivity contribution in [3.8, 4) is 17.1 Å². The molecular formula is C36H43N5O7S. The number of anilines is 1. The van der Waals surface area contributed by atoms with Crippen LogP contribution in [0.1, 0.15) is 65.8 Å². The van der Waals surface area contributed by atoms with Gasteiger partial charge in [-0.05, 0) is 90.8 Å². The van der Waals surface area contributed by atoms with Crippen LogP contribution in [0.15, 0.2) is 90.1 Å². The Morgan fingerprint density at radius 3 is 2.16 bits per heavy atom. The van der Waals surface area contributed by atoms with Gasteiger partial charge in [-0.2, -0.15) is 0 Å². The molecule has 0 bridgehead atoms. The number of benzene rings is 1. The number of aromatic nitrogens is 3. The molecule has 0 saturated carbocycles. The van der Waals surface area contributed by atoms with Gasteiger partial charge in [0.15, 0.2) is 5.03 Å². The molecule has 3 aromatic heterocycles. The minimum absolute atomic E-state index is 0.0789. The molecule has 0 fully saturated rings. The first-order valence-electron chi connectivity index (χ1n) is 15.8. The highest BCUT2D eigenvalue weighted by Crippen LogP contribution is 2.26. The number of hydrogen-bond acceptors (Lipinski definition) is 10. The molecule has 0 aliphatic heterocycles. The molecule has 12 nitrogen and oxygen atoms in total. The molecule has 260 valence electrons. The fourth-order valence-corrected chi connectivity index (χ4v) is 5.81. The van der Waals surface area contributed by atoms with Gasteiger partial charge in [-0.1, -0.05) is 42.5 Å². The van der Waals surface area contributed by atoms with Crippen molar-refractivity contribution in [1.82, 2.24) is 19.7 Å². The summed E-state index contributed by atoms with van der Waals surface area (Å²) in [4.78, 5) is 40.6. The van der Waals surface area contributed by atoms with E-state index < -0.39 is 45.9 Å². The van der Waals surface area contributed by atoms with Gasteiger partial charge in [0.2, 0.25) is 5.88 Å². The number of carbonyl (C=O) groups is 2. The van der Waals surface area contributed by atoms with Crippen molar-refractivity contribution in [3.63, 3.8) is 0 Å². The minimum atomic E-state index is -4.11. The van der Waals surface area contributed by atoms with Gasteiger partial charge < -0.3 is 14.2 Å². The van der Waals surface area contributed by atoms with Crippen molar-refractivity contribution in [3.05, 3.63) is 96.3 Å². The minimum Gasteiger partial charge on any atom is -0.478 e. The van der Waals surface area contributed by atoms with Crippen molar-refractivity contribution in [2.24, 2.45) is 0 Å². The molecule has 1 amide bonds. The Labute approximate surface area is 287 Å². The zero-order valence-corrected chi connectivity index (χ0v) is 29.7. The predicted octanol–water partition coefficient (Wildman–Crippen LogP) is 6.28. The standard InChI is InChI=1S/C36H43N5O7S/c1-8-46-31-16-12-13-27(39-31)26-20-18-25(19-21-26)23-29(40-49(44,45)32-17-9-10-22-37-32)28-14-11-15-30(38-28)41(34(43)48-36(5,6)7)24-33(42)47-35(2,3)4/h9-22,29,40H,8,23-24H2,1-7H3. The van der Waals surface area contributed by atoms with Crippen molar-refractivity contribution >= 4 is 27.9 Å². The molecule has 1 atom stereocenters. The summed E-state index contributed by atoms with van der Waals surface area (Å²) in [6.45, 7) is 12.2. The predicted molar refractivity (Wildman–Crippen MR) is 186 cm³/mol. The van der Waals surface area contributed by atoms with Crippen LogP contribution in [0.3, 0.4) is 0 Å². The first-order chi connectivity index (χ1) is 23.0. The lowest BCUT2D eigenvalue weighted by molar-refractivity contribution is -0.153. The molecule has 4 rings (SSSR count). The van der Waals surface area contributed by atoms with Crippen LogP contribution in [-0.2, 0) is 30.7 Å². The second-order valence-electron chi connectivity index (χ2n) is 13.1. The molecule has 3 heterocycles. The molecule has 49 heavy (non-hydrogen) atoms.